The van der Waals surface area contributed by atoms with Crippen LogP contribution in [-0.4, -0.2) is 9.63 Å². The van der Waals surface area contributed by atoms with Gasteiger partial charge in [-0.3, -0.25) is 10.2 Å². The predicted octanol–water partition coefficient (Wildman–Crippen LogP) is 4.96. The van der Waals surface area contributed by atoms with E-state index in [0.717, 1.165) is 37.0 Å². The first-order valence-electron chi connectivity index (χ1n) is 6.22. The summed E-state index contributed by atoms with van der Waals surface area (Å²) in [6.07, 6.45) is 3.66. The van der Waals surface area contributed by atoms with E-state index in [1.807, 2.05) is 22.6 Å². The van der Waals surface area contributed by atoms with Gasteiger partial charge in [-0.15, -0.1) is 0 Å². The van der Waals surface area contributed by atoms with Crippen molar-refractivity contribution in [1.29, 1.82) is 5.41 Å². The zero-order chi connectivity index (χ0) is 14.7. The zero-order valence-corrected chi connectivity index (χ0v) is 14.3. The van der Waals surface area contributed by atoms with Crippen molar-refractivity contribution in [2.75, 3.05) is 0 Å². The third-order valence-electron chi connectivity index (χ3n) is 3.19. The summed E-state index contributed by atoms with van der Waals surface area (Å²) in [6.45, 7) is 0. The van der Waals surface area contributed by atoms with Gasteiger partial charge in [-0.25, -0.2) is 0 Å². The summed E-state index contributed by atoms with van der Waals surface area (Å²) in [5, 5.41) is 11.3. The maximum Gasteiger partial charge on any atom is 0.258 e. The fraction of sp³-hybridized carbons (Fsp3) is 0.286. The van der Waals surface area contributed by atoms with Crippen LogP contribution in [0.2, 0.25) is 10.0 Å². The molecule has 0 bridgehead atoms. The molecule has 0 aromatic heterocycles. The van der Waals surface area contributed by atoms with Gasteiger partial charge in [0.2, 0.25) is 0 Å². The van der Waals surface area contributed by atoms with Crippen molar-refractivity contribution in [2.24, 2.45) is 0 Å². The second-order valence-corrected chi connectivity index (χ2v) is 6.42. The quantitative estimate of drug-likeness (QED) is 0.524. The molecule has 0 unspecified atom stereocenters. The van der Waals surface area contributed by atoms with Crippen molar-refractivity contribution in [2.45, 2.75) is 25.7 Å². The summed E-state index contributed by atoms with van der Waals surface area (Å²) in [4.78, 5) is 12.3. The molecular formula is C14H13Cl2IN2O. The fourth-order valence-corrected chi connectivity index (χ4v) is 3.36. The lowest BCUT2D eigenvalue weighted by Crippen LogP contribution is -2.27. The van der Waals surface area contributed by atoms with Gasteiger partial charge in [0, 0.05) is 11.3 Å². The number of benzene rings is 1. The molecule has 0 saturated heterocycles. The molecule has 3 nitrogen and oxygen atoms in total. The van der Waals surface area contributed by atoms with E-state index in [9.17, 15) is 4.79 Å². The Labute approximate surface area is 141 Å². The molecule has 0 atom stereocenters. The molecular weight excluding hydrogens is 410 g/mol. The van der Waals surface area contributed by atoms with Gasteiger partial charge in [0.1, 0.15) is 0 Å². The molecule has 1 aromatic rings. The number of rotatable bonds is 3. The second-order valence-electron chi connectivity index (χ2n) is 4.53. The Bertz CT molecular complexity index is 579. The molecule has 0 spiro atoms. The lowest BCUT2D eigenvalue weighted by atomic mass is 9.96. The van der Waals surface area contributed by atoms with E-state index in [1.165, 1.54) is 0 Å². The van der Waals surface area contributed by atoms with Crippen molar-refractivity contribution in [3.63, 3.8) is 0 Å². The Morgan fingerprint density at radius 2 is 1.80 bits per heavy atom. The average Bonchev–Trinajstić information content (AvgIpc) is 2.38. The van der Waals surface area contributed by atoms with Crippen molar-refractivity contribution >= 4 is 55.4 Å². The van der Waals surface area contributed by atoms with Gasteiger partial charge in [-0.1, -0.05) is 29.3 Å². The minimum Gasteiger partial charge on any atom is -0.325 e. The van der Waals surface area contributed by atoms with Gasteiger partial charge in [0.05, 0.1) is 19.3 Å². The van der Waals surface area contributed by atoms with E-state index in [1.54, 1.807) is 18.2 Å². The molecule has 2 rings (SSSR count). The Kier molecular flexibility index (Phi) is 5.46. The van der Waals surface area contributed by atoms with Crippen molar-refractivity contribution in [3.8, 4) is 0 Å². The van der Waals surface area contributed by atoms with Gasteiger partial charge in [-0.05, 0) is 60.4 Å². The number of nitrogens with one attached hydrogen (secondary N) is 2. The van der Waals surface area contributed by atoms with E-state index in [2.05, 4.69) is 5.32 Å². The molecule has 0 fully saturated rings. The molecule has 2 N–H and O–H groups in total. The predicted molar refractivity (Wildman–Crippen MR) is 91.2 cm³/mol. The summed E-state index contributed by atoms with van der Waals surface area (Å²) < 4.78 is 0.475. The van der Waals surface area contributed by atoms with Crippen molar-refractivity contribution in [1.82, 2.24) is 5.32 Å². The standard InChI is InChI=1S/C14H13Cl2IN2O/c15-9-5-3-6-10(16)12(9)14(20)19-11-7-2-1-4-8(11)13(17)18/h3,5-6,18H,1-2,4,7H2,(H,19,20). The highest BCUT2D eigenvalue weighted by atomic mass is 127. The molecule has 0 saturated carbocycles. The van der Waals surface area contributed by atoms with E-state index in [-0.39, 0.29) is 11.5 Å². The second kappa shape index (κ2) is 6.91. The van der Waals surface area contributed by atoms with Crippen LogP contribution in [0.4, 0.5) is 0 Å². The molecule has 1 amide bonds. The normalized spacial score (nSPS) is 15.2. The molecule has 1 aromatic carbocycles. The van der Waals surface area contributed by atoms with Crippen LogP contribution >= 0.6 is 45.8 Å². The monoisotopic (exact) mass is 422 g/mol. The van der Waals surface area contributed by atoms with Crippen LogP contribution in [-0.2, 0) is 0 Å². The lowest BCUT2D eigenvalue weighted by molar-refractivity contribution is 0.0964. The zero-order valence-electron chi connectivity index (χ0n) is 10.6. The summed E-state index contributed by atoms with van der Waals surface area (Å²) >= 11 is 14.0. The Balaban J connectivity index is 2.29. The summed E-state index contributed by atoms with van der Waals surface area (Å²) in [5.74, 6) is -0.312. The number of hydrogen-bond acceptors (Lipinski definition) is 2. The van der Waals surface area contributed by atoms with Crippen LogP contribution in [0.25, 0.3) is 0 Å². The Hall–Kier alpha value is -0.590. The van der Waals surface area contributed by atoms with Crippen LogP contribution < -0.4 is 5.32 Å². The number of carbonyl (C=O) groups is 1. The Morgan fingerprint density at radius 3 is 2.40 bits per heavy atom. The number of hydrogen-bond donors (Lipinski definition) is 2. The molecule has 0 aliphatic heterocycles. The van der Waals surface area contributed by atoms with E-state index in [0.29, 0.717) is 13.8 Å². The van der Waals surface area contributed by atoms with Gasteiger partial charge < -0.3 is 5.32 Å². The van der Waals surface area contributed by atoms with Gasteiger partial charge in [-0.2, -0.15) is 0 Å². The molecule has 0 heterocycles. The molecule has 1 aliphatic rings. The first-order valence-corrected chi connectivity index (χ1v) is 8.06. The van der Waals surface area contributed by atoms with Gasteiger partial charge >= 0.3 is 0 Å². The lowest BCUT2D eigenvalue weighted by Gasteiger charge is -2.20. The van der Waals surface area contributed by atoms with Gasteiger partial charge in [0.25, 0.3) is 5.91 Å². The maximum absolute atomic E-state index is 12.3. The van der Waals surface area contributed by atoms with Crippen molar-refractivity contribution in [3.05, 3.63) is 45.1 Å². The molecule has 1 aliphatic carbocycles. The first-order chi connectivity index (χ1) is 9.50. The highest BCUT2D eigenvalue weighted by Gasteiger charge is 2.20. The number of allylic oxidation sites excluding steroid dienone is 2. The van der Waals surface area contributed by atoms with E-state index in [4.69, 9.17) is 28.6 Å². The topological polar surface area (TPSA) is 53.0 Å². The highest BCUT2D eigenvalue weighted by molar-refractivity contribution is 14.1. The average molecular weight is 423 g/mol. The third kappa shape index (κ3) is 3.54. The number of halogens is 3. The highest BCUT2D eigenvalue weighted by Crippen LogP contribution is 2.28. The minimum atomic E-state index is -0.312. The van der Waals surface area contributed by atoms with Crippen molar-refractivity contribution < 1.29 is 4.79 Å². The van der Waals surface area contributed by atoms with E-state index >= 15 is 0 Å². The molecule has 0 radical (unpaired) electrons. The van der Waals surface area contributed by atoms with E-state index < -0.39 is 0 Å². The fourth-order valence-electron chi connectivity index (χ4n) is 2.20. The third-order valence-corrected chi connectivity index (χ3v) is 4.47. The maximum atomic E-state index is 12.3. The molecule has 106 valence electrons. The van der Waals surface area contributed by atoms with Crippen LogP contribution in [0.1, 0.15) is 36.0 Å². The smallest absolute Gasteiger partial charge is 0.258 e. The summed E-state index contributed by atoms with van der Waals surface area (Å²) in [7, 11) is 0. The Morgan fingerprint density at radius 1 is 1.20 bits per heavy atom. The van der Waals surface area contributed by atoms with Crippen LogP contribution in [0.15, 0.2) is 29.5 Å². The van der Waals surface area contributed by atoms with Crippen LogP contribution in [0.5, 0.6) is 0 Å². The van der Waals surface area contributed by atoms with Crippen LogP contribution in [0, 0.1) is 5.41 Å². The van der Waals surface area contributed by atoms with Crippen LogP contribution in [0.3, 0.4) is 0 Å². The number of carbonyl (C=O) groups excluding carboxylic acids is 1. The first kappa shape index (κ1) is 15.8. The SMILES string of the molecule is N=C(I)C1=C(NC(=O)c2c(Cl)cccc2Cl)CCCC1. The largest absolute Gasteiger partial charge is 0.325 e. The molecule has 20 heavy (non-hydrogen) atoms. The summed E-state index contributed by atoms with van der Waals surface area (Å²) in [5.41, 5.74) is 2.01. The summed E-state index contributed by atoms with van der Waals surface area (Å²) in [6, 6.07) is 4.98. The number of amides is 1. The van der Waals surface area contributed by atoms with Gasteiger partial charge in [0.15, 0.2) is 0 Å². The minimum absolute atomic E-state index is 0.285. The molecule has 6 heteroatoms.